The van der Waals surface area contributed by atoms with Crippen molar-refractivity contribution in [2.24, 2.45) is 5.92 Å². The Morgan fingerprint density at radius 1 is 1.12 bits per heavy atom. The summed E-state index contributed by atoms with van der Waals surface area (Å²) in [4.78, 5) is 0. The van der Waals surface area contributed by atoms with Crippen LogP contribution in [-0.2, 0) is 0 Å². The molecule has 0 saturated heterocycles. The number of benzene rings is 2. The summed E-state index contributed by atoms with van der Waals surface area (Å²) in [6.45, 7) is 0.656. The van der Waals surface area contributed by atoms with E-state index in [4.69, 9.17) is 0 Å². The molecule has 3 rings (SSSR count). The summed E-state index contributed by atoms with van der Waals surface area (Å²) in [6, 6.07) is 14.6. The van der Waals surface area contributed by atoms with Gasteiger partial charge >= 0.3 is 0 Å². The van der Waals surface area contributed by atoms with Crippen molar-refractivity contribution in [1.82, 2.24) is 0 Å². The van der Waals surface area contributed by atoms with E-state index in [1.807, 2.05) is 12.1 Å². The first kappa shape index (κ1) is 10.6. The third-order valence-corrected chi connectivity index (χ3v) is 3.43. The van der Waals surface area contributed by atoms with Crippen molar-refractivity contribution in [3.05, 3.63) is 42.5 Å². The van der Waals surface area contributed by atoms with Gasteiger partial charge in [-0.05, 0) is 41.7 Å². The Morgan fingerprint density at radius 2 is 1.88 bits per heavy atom. The summed E-state index contributed by atoms with van der Waals surface area (Å²) < 4.78 is 0. The molecule has 2 nitrogen and oxygen atoms in total. The van der Waals surface area contributed by atoms with Crippen molar-refractivity contribution in [3.8, 4) is 0 Å². The van der Waals surface area contributed by atoms with Crippen LogP contribution in [-0.4, -0.2) is 17.8 Å². The molecule has 0 amide bonds. The molecular weight excluding hydrogens is 210 g/mol. The molecule has 2 N–H and O–H groups in total. The SMILES string of the molecule is OC(CNc1ccc2ccccc2c1)C1CC1. The first-order chi connectivity index (χ1) is 8.33. The largest absolute Gasteiger partial charge is 0.391 e. The summed E-state index contributed by atoms with van der Waals surface area (Å²) in [5.41, 5.74) is 1.09. The monoisotopic (exact) mass is 227 g/mol. The number of aliphatic hydroxyl groups excluding tert-OH is 1. The average Bonchev–Trinajstić information content (AvgIpc) is 3.20. The van der Waals surface area contributed by atoms with E-state index >= 15 is 0 Å². The van der Waals surface area contributed by atoms with E-state index in [1.165, 1.54) is 23.6 Å². The molecule has 1 unspecified atom stereocenters. The van der Waals surface area contributed by atoms with Crippen molar-refractivity contribution in [1.29, 1.82) is 0 Å². The van der Waals surface area contributed by atoms with Gasteiger partial charge in [0.1, 0.15) is 0 Å². The van der Waals surface area contributed by atoms with Gasteiger partial charge in [-0.25, -0.2) is 0 Å². The summed E-state index contributed by atoms with van der Waals surface area (Å²) in [5.74, 6) is 0.531. The van der Waals surface area contributed by atoms with Gasteiger partial charge in [-0.15, -0.1) is 0 Å². The number of aliphatic hydroxyl groups is 1. The zero-order valence-corrected chi connectivity index (χ0v) is 9.76. The number of anilines is 1. The summed E-state index contributed by atoms with van der Waals surface area (Å²) in [5, 5.41) is 15.6. The molecular formula is C15H17NO. The molecule has 0 aromatic heterocycles. The zero-order valence-electron chi connectivity index (χ0n) is 9.76. The van der Waals surface area contributed by atoms with Gasteiger partial charge in [-0.3, -0.25) is 0 Å². The molecule has 0 aliphatic heterocycles. The van der Waals surface area contributed by atoms with Crippen LogP contribution in [0.1, 0.15) is 12.8 Å². The minimum atomic E-state index is -0.193. The van der Waals surface area contributed by atoms with E-state index in [1.54, 1.807) is 0 Å². The van der Waals surface area contributed by atoms with E-state index in [-0.39, 0.29) is 6.10 Å². The molecule has 1 saturated carbocycles. The van der Waals surface area contributed by atoms with E-state index in [0.29, 0.717) is 12.5 Å². The van der Waals surface area contributed by atoms with Gasteiger partial charge in [-0.1, -0.05) is 30.3 Å². The Kier molecular flexibility index (Phi) is 2.73. The highest BCUT2D eigenvalue weighted by atomic mass is 16.3. The molecule has 0 radical (unpaired) electrons. The number of nitrogens with one attached hydrogen (secondary N) is 1. The number of fused-ring (bicyclic) bond motifs is 1. The molecule has 2 aromatic carbocycles. The molecule has 1 aliphatic rings. The van der Waals surface area contributed by atoms with Gasteiger partial charge in [0.25, 0.3) is 0 Å². The number of hydrogen-bond donors (Lipinski definition) is 2. The van der Waals surface area contributed by atoms with Crippen LogP contribution in [0.4, 0.5) is 5.69 Å². The van der Waals surface area contributed by atoms with Gasteiger partial charge in [0.05, 0.1) is 6.10 Å². The molecule has 2 aromatic rings. The molecule has 1 fully saturated rings. The third kappa shape index (κ3) is 2.42. The van der Waals surface area contributed by atoms with Crippen molar-refractivity contribution in [2.75, 3.05) is 11.9 Å². The van der Waals surface area contributed by atoms with E-state index in [0.717, 1.165) is 5.69 Å². The maximum Gasteiger partial charge on any atom is 0.0740 e. The van der Waals surface area contributed by atoms with Crippen LogP contribution in [0.5, 0.6) is 0 Å². The highest BCUT2D eigenvalue weighted by Crippen LogP contribution is 2.32. The van der Waals surface area contributed by atoms with Crippen molar-refractivity contribution in [2.45, 2.75) is 18.9 Å². The highest BCUT2D eigenvalue weighted by Gasteiger charge is 2.29. The van der Waals surface area contributed by atoms with Crippen LogP contribution < -0.4 is 5.32 Å². The predicted molar refractivity (Wildman–Crippen MR) is 71.2 cm³/mol. The Hall–Kier alpha value is -1.54. The number of hydrogen-bond acceptors (Lipinski definition) is 2. The van der Waals surface area contributed by atoms with Crippen molar-refractivity contribution in [3.63, 3.8) is 0 Å². The Morgan fingerprint density at radius 3 is 2.65 bits per heavy atom. The summed E-state index contributed by atoms with van der Waals surface area (Å²) >= 11 is 0. The second-order valence-corrected chi connectivity index (χ2v) is 4.85. The summed E-state index contributed by atoms with van der Waals surface area (Å²) in [7, 11) is 0. The second-order valence-electron chi connectivity index (χ2n) is 4.85. The highest BCUT2D eigenvalue weighted by molar-refractivity contribution is 5.85. The van der Waals surface area contributed by atoms with Crippen LogP contribution in [0.15, 0.2) is 42.5 Å². The zero-order chi connectivity index (χ0) is 11.7. The Bertz CT molecular complexity index is 519. The topological polar surface area (TPSA) is 32.3 Å². The predicted octanol–water partition coefficient (Wildman–Crippen LogP) is 3.02. The lowest BCUT2D eigenvalue weighted by molar-refractivity contribution is 0.164. The first-order valence-corrected chi connectivity index (χ1v) is 6.24. The molecule has 17 heavy (non-hydrogen) atoms. The smallest absolute Gasteiger partial charge is 0.0740 e. The van der Waals surface area contributed by atoms with Gasteiger partial charge in [0.2, 0.25) is 0 Å². The Balaban J connectivity index is 1.71. The molecule has 0 bridgehead atoms. The molecule has 1 atom stereocenters. The van der Waals surface area contributed by atoms with Crippen LogP contribution in [0.25, 0.3) is 10.8 Å². The third-order valence-electron chi connectivity index (χ3n) is 3.43. The average molecular weight is 227 g/mol. The van der Waals surface area contributed by atoms with Gasteiger partial charge in [0, 0.05) is 12.2 Å². The fourth-order valence-corrected chi connectivity index (χ4v) is 2.17. The fraction of sp³-hybridized carbons (Fsp3) is 0.333. The molecule has 0 heterocycles. The van der Waals surface area contributed by atoms with Crippen LogP contribution in [0, 0.1) is 5.92 Å². The molecule has 0 spiro atoms. The second kappa shape index (κ2) is 4.38. The van der Waals surface area contributed by atoms with Gasteiger partial charge in [0.15, 0.2) is 0 Å². The standard InChI is InChI=1S/C15H17NO/c17-15(12-5-6-12)10-16-14-8-7-11-3-1-2-4-13(11)9-14/h1-4,7-9,12,15-17H,5-6,10H2. The van der Waals surface area contributed by atoms with Gasteiger partial charge in [-0.2, -0.15) is 0 Å². The van der Waals surface area contributed by atoms with Crippen molar-refractivity contribution < 1.29 is 5.11 Å². The van der Waals surface area contributed by atoms with Crippen LogP contribution in [0.3, 0.4) is 0 Å². The van der Waals surface area contributed by atoms with Crippen LogP contribution >= 0.6 is 0 Å². The Labute approximate surface area is 101 Å². The van der Waals surface area contributed by atoms with E-state index in [2.05, 4.69) is 35.6 Å². The quantitative estimate of drug-likeness (QED) is 0.841. The molecule has 88 valence electrons. The summed E-state index contributed by atoms with van der Waals surface area (Å²) in [6.07, 6.45) is 2.17. The molecule has 1 aliphatic carbocycles. The minimum Gasteiger partial charge on any atom is -0.391 e. The first-order valence-electron chi connectivity index (χ1n) is 6.24. The van der Waals surface area contributed by atoms with Gasteiger partial charge < -0.3 is 10.4 Å². The maximum absolute atomic E-state index is 9.80. The van der Waals surface area contributed by atoms with E-state index in [9.17, 15) is 5.11 Å². The fourth-order valence-electron chi connectivity index (χ4n) is 2.17. The van der Waals surface area contributed by atoms with Crippen molar-refractivity contribution >= 4 is 16.5 Å². The number of rotatable bonds is 4. The minimum absolute atomic E-state index is 0.193. The lowest BCUT2D eigenvalue weighted by Crippen LogP contribution is -2.21. The normalized spacial score (nSPS) is 17.0. The lowest BCUT2D eigenvalue weighted by atomic mass is 10.1. The van der Waals surface area contributed by atoms with Crippen LogP contribution in [0.2, 0.25) is 0 Å². The molecule has 2 heteroatoms. The lowest BCUT2D eigenvalue weighted by Gasteiger charge is -2.12. The maximum atomic E-state index is 9.80. The van der Waals surface area contributed by atoms with E-state index < -0.39 is 0 Å².